The molecule has 0 aromatic heterocycles. The van der Waals surface area contributed by atoms with E-state index in [1.807, 2.05) is 36.4 Å². The zero-order chi connectivity index (χ0) is 19.3. The summed E-state index contributed by atoms with van der Waals surface area (Å²) in [5.41, 5.74) is 3.11. The summed E-state index contributed by atoms with van der Waals surface area (Å²) in [6.45, 7) is 8.44. The lowest BCUT2D eigenvalue weighted by molar-refractivity contribution is 0.0857. The van der Waals surface area contributed by atoms with Gasteiger partial charge in [-0.1, -0.05) is 45.0 Å². The molecule has 1 atom stereocenters. The van der Waals surface area contributed by atoms with Crippen LogP contribution < -0.4 is 10.1 Å². The Balaban J connectivity index is 1.49. The fraction of sp³-hybridized carbons (Fsp3) is 0.435. The monoisotopic (exact) mass is 367 g/mol. The van der Waals surface area contributed by atoms with E-state index in [2.05, 4.69) is 38.2 Å². The van der Waals surface area contributed by atoms with Crippen LogP contribution in [0.15, 0.2) is 48.5 Å². The summed E-state index contributed by atoms with van der Waals surface area (Å²) < 4.78 is 11.4. The van der Waals surface area contributed by atoms with Crippen LogP contribution in [0.4, 0.5) is 0 Å². The van der Waals surface area contributed by atoms with Gasteiger partial charge < -0.3 is 14.8 Å². The molecule has 4 heteroatoms. The van der Waals surface area contributed by atoms with Gasteiger partial charge in [0.15, 0.2) is 0 Å². The van der Waals surface area contributed by atoms with Crippen LogP contribution in [0.2, 0.25) is 0 Å². The van der Waals surface area contributed by atoms with Crippen molar-refractivity contribution < 1.29 is 14.3 Å². The van der Waals surface area contributed by atoms with Crippen LogP contribution in [0, 0.1) is 0 Å². The van der Waals surface area contributed by atoms with E-state index in [1.165, 1.54) is 5.56 Å². The van der Waals surface area contributed by atoms with E-state index < -0.39 is 0 Å². The molecule has 1 saturated heterocycles. The van der Waals surface area contributed by atoms with Gasteiger partial charge in [0.2, 0.25) is 0 Å². The zero-order valence-electron chi connectivity index (χ0n) is 16.5. The maximum atomic E-state index is 12.2. The SMILES string of the molecule is CC(C)(C)c1ccc(OCc2ccc(C(=O)NC[C@H]3CCCO3)cc2)cc1. The summed E-state index contributed by atoms with van der Waals surface area (Å²) in [6, 6.07) is 15.8. The molecule has 1 aliphatic rings. The van der Waals surface area contributed by atoms with Crippen LogP contribution in [0.1, 0.15) is 55.1 Å². The molecule has 0 aliphatic carbocycles. The zero-order valence-corrected chi connectivity index (χ0v) is 16.5. The minimum atomic E-state index is -0.0595. The molecule has 1 aliphatic heterocycles. The number of nitrogens with one attached hydrogen (secondary N) is 1. The van der Waals surface area contributed by atoms with E-state index in [0.29, 0.717) is 18.7 Å². The van der Waals surface area contributed by atoms with Crippen LogP contribution in [0.3, 0.4) is 0 Å². The Morgan fingerprint density at radius 3 is 2.41 bits per heavy atom. The second kappa shape index (κ2) is 8.57. The maximum Gasteiger partial charge on any atom is 0.251 e. The molecule has 27 heavy (non-hydrogen) atoms. The van der Waals surface area contributed by atoms with Crippen LogP contribution in [0.5, 0.6) is 5.75 Å². The minimum Gasteiger partial charge on any atom is -0.489 e. The number of rotatable bonds is 6. The second-order valence-corrected chi connectivity index (χ2v) is 8.11. The molecule has 1 heterocycles. The van der Waals surface area contributed by atoms with Gasteiger partial charge in [-0.15, -0.1) is 0 Å². The Morgan fingerprint density at radius 1 is 1.11 bits per heavy atom. The lowest BCUT2D eigenvalue weighted by atomic mass is 9.87. The summed E-state index contributed by atoms with van der Waals surface area (Å²) >= 11 is 0. The molecule has 0 unspecified atom stereocenters. The molecule has 0 spiro atoms. The van der Waals surface area contributed by atoms with E-state index in [1.54, 1.807) is 0 Å². The topological polar surface area (TPSA) is 47.6 Å². The van der Waals surface area contributed by atoms with Gasteiger partial charge in [-0.05, 0) is 53.6 Å². The van der Waals surface area contributed by atoms with E-state index in [9.17, 15) is 4.79 Å². The Morgan fingerprint density at radius 2 is 1.81 bits per heavy atom. The van der Waals surface area contributed by atoms with Crippen molar-refractivity contribution >= 4 is 5.91 Å². The Hall–Kier alpha value is -2.33. The summed E-state index contributed by atoms with van der Waals surface area (Å²) in [4.78, 5) is 12.2. The molecule has 144 valence electrons. The quantitative estimate of drug-likeness (QED) is 0.819. The van der Waals surface area contributed by atoms with Crippen LogP contribution in [0.25, 0.3) is 0 Å². The Bertz CT molecular complexity index is 739. The van der Waals surface area contributed by atoms with Crippen LogP contribution in [-0.2, 0) is 16.8 Å². The lowest BCUT2D eigenvalue weighted by Gasteiger charge is -2.19. The van der Waals surface area contributed by atoms with E-state index in [0.717, 1.165) is 30.8 Å². The molecular weight excluding hydrogens is 338 g/mol. The number of carbonyl (C=O) groups excluding carboxylic acids is 1. The highest BCUT2D eigenvalue weighted by atomic mass is 16.5. The average Bonchev–Trinajstić information content (AvgIpc) is 3.18. The van der Waals surface area contributed by atoms with Gasteiger partial charge in [0.1, 0.15) is 12.4 Å². The molecular formula is C23H29NO3. The number of carbonyl (C=O) groups is 1. The third kappa shape index (κ3) is 5.57. The van der Waals surface area contributed by atoms with Crippen molar-refractivity contribution in [2.75, 3.05) is 13.2 Å². The average molecular weight is 367 g/mol. The molecule has 2 aromatic carbocycles. The van der Waals surface area contributed by atoms with Gasteiger partial charge in [-0.3, -0.25) is 4.79 Å². The summed E-state index contributed by atoms with van der Waals surface area (Å²) in [6.07, 6.45) is 2.26. The predicted molar refractivity (Wildman–Crippen MR) is 107 cm³/mol. The molecule has 0 radical (unpaired) electrons. The van der Waals surface area contributed by atoms with Gasteiger partial charge in [-0.2, -0.15) is 0 Å². The fourth-order valence-electron chi connectivity index (χ4n) is 3.08. The first-order valence-corrected chi connectivity index (χ1v) is 9.64. The standard InChI is InChI=1S/C23H29NO3/c1-23(2,3)19-10-12-20(13-11-19)27-16-17-6-8-18(9-7-17)22(25)24-15-21-5-4-14-26-21/h6-13,21H,4-5,14-16H2,1-3H3,(H,24,25)/t21-/m1/s1. The maximum absolute atomic E-state index is 12.2. The minimum absolute atomic E-state index is 0.0595. The van der Waals surface area contributed by atoms with Gasteiger partial charge in [0, 0.05) is 18.7 Å². The molecule has 1 amide bonds. The summed E-state index contributed by atoms with van der Waals surface area (Å²) in [7, 11) is 0. The number of ether oxygens (including phenoxy) is 2. The number of hydrogen-bond acceptors (Lipinski definition) is 3. The number of amides is 1. The Kier molecular flexibility index (Phi) is 6.17. The highest BCUT2D eigenvalue weighted by Crippen LogP contribution is 2.24. The van der Waals surface area contributed by atoms with Gasteiger partial charge >= 0.3 is 0 Å². The van der Waals surface area contributed by atoms with Crippen molar-refractivity contribution in [3.63, 3.8) is 0 Å². The molecule has 3 rings (SSSR count). The van der Waals surface area contributed by atoms with Crippen molar-refractivity contribution in [1.29, 1.82) is 0 Å². The van der Waals surface area contributed by atoms with Gasteiger partial charge in [0.25, 0.3) is 5.91 Å². The molecule has 2 aromatic rings. The third-order valence-electron chi connectivity index (χ3n) is 4.86. The van der Waals surface area contributed by atoms with Crippen molar-refractivity contribution in [2.24, 2.45) is 0 Å². The number of benzene rings is 2. The molecule has 0 saturated carbocycles. The predicted octanol–water partition coefficient (Wildman–Crippen LogP) is 4.47. The van der Waals surface area contributed by atoms with Crippen molar-refractivity contribution in [3.8, 4) is 5.75 Å². The highest BCUT2D eigenvalue weighted by molar-refractivity contribution is 5.94. The molecule has 1 fully saturated rings. The highest BCUT2D eigenvalue weighted by Gasteiger charge is 2.16. The Labute approximate surface area is 161 Å². The van der Waals surface area contributed by atoms with E-state index in [-0.39, 0.29) is 17.4 Å². The second-order valence-electron chi connectivity index (χ2n) is 8.11. The third-order valence-corrected chi connectivity index (χ3v) is 4.86. The first-order chi connectivity index (χ1) is 12.9. The largest absolute Gasteiger partial charge is 0.489 e. The smallest absolute Gasteiger partial charge is 0.251 e. The molecule has 4 nitrogen and oxygen atoms in total. The van der Waals surface area contributed by atoms with E-state index in [4.69, 9.17) is 9.47 Å². The van der Waals surface area contributed by atoms with Gasteiger partial charge in [-0.25, -0.2) is 0 Å². The molecule has 1 N–H and O–H groups in total. The van der Waals surface area contributed by atoms with Crippen molar-refractivity contribution in [2.45, 2.75) is 51.7 Å². The van der Waals surface area contributed by atoms with Crippen molar-refractivity contribution in [3.05, 3.63) is 65.2 Å². The van der Waals surface area contributed by atoms with Crippen molar-refractivity contribution in [1.82, 2.24) is 5.32 Å². The lowest BCUT2D eigenvalue weighted by Crippen LogP contribution is -2.31. The fourth-order valence-corrected chi connectivity index (χ4v) is 3.08. The molecule has 0 bridgehead atoms. The van der Waals surface area contributed by atoms with Crippen LogP contribution in [-0.4, -0.2) is 25.2 Å². The first-order valence-electron chi connectivity index (χ1n) is 9.64. The van der Waals surface area contributed by atoms with Gasteiger partial charge in [0.05, 0.1) is 6.10 Å². The summed E-state index contributed by atoms with van der Waals surface area (Å²) in [5.74, 6) is 0.789. The van der Waals surface area contributed by atoms with E-state index >= 15 is 0 Å². The number of hydrogen-bond donors (Lipinski definition) is 1. The normalized spacial score (nSPS) is 16.9. The first kappa shape index (κ1) is 19.4. The summed E-state index contributed by atoms with van der Waals surface area (Å²) in [5, 5.41) is 2.94. The van der Waals surface area contributed by atoms with Crippen LogP contribution >= 0.6 is 0 Å².